The Kier molecular flexibility index (Phi) is 62.5. The molecule has 0 bridgehead atoms. The number of phosphoric ester groups is 1. The van der Waals surface area contributed by atoms with Gasteiger partial charge in [0.25, 0.3) is 0 Å². The predicted molar refractivity (Wildman–Crippen MR) is 339 cm³/mol. The zero-order valence-electron chi connectivity index (χ0n) is 51.6. The molecule has 460 valence electrons. The van der Waals surface area contributed by atoms with Crippen molar-refractivity contribution in [1.29, 1.82) is 0 Å². The number of esters is 2. The Hall–Kier alpha value is -2.55. The molecule has 0 amide bonds. The van der Waals surface area contributed by atoms with Gasteiger partial charge in [-0.1, -0.05) is 299 Å². The molecule has 0 spiro atoms. The molecule has 10 heteroatoms. The van der Waals surface area contributed by atoms with Crippen molar-refractivity contribution in [1.82, 2.24) is 0 Å². The highest BCUT2D eigenvalue weighted by atomic mass is 31.2. The Bertz CT molecular complexity index is 1520. The average Bonchev–Trinajstić information content (AvgIpc) is 3.44. The number of unbranched alkanes of at least 4 members (excludes halogenated alkanes) is 38. The van der Waals surface area contributed by atoms with Crippen LogP contribution in [0.2, 0.25) is 0 Å². The second kappa shape index (κ2) is 64.6. The molecule has 0 aliphatic rings. The second-order valence-corrected chi connectivity index (χ2v) is 23.8. The highest BCUT2D eigenvalue weighted by Crippen LogP contribution is 2.43. The van der Waals surface area contributed by atoms with Crippen molar-refractivity contribution in [2.45, 2.75) is 328 Å². The second-order valence-electron chi connectivity index (χ2n) is 22.3. The van der Waals surface area contributed by atoms with E-state index in [0.717, 1.165) is 64.2 Å². The summed E-state index contributed by atoms with van der Waals surface area (Å²) in [5, 5.41) is 0. The van der Waals surface area contributed by atoms with Gasteiger partial charge in [0, 0.05) is 19.4 Å². The van der Waals surface area contributed by atoms with Gasteiger partial charge in [-0.2, -0.15) is 0 Å². The Labute approximate surface area is 488 Å². The van der Waals surface area contributed by atoms with Crippen molar-refractivity contribution < 1.29 is 37.6 Å². The largest absolute Gasteiger partial charge is 0.472 e. The summed E-state index contributed by atoms with van der Waals surface area (Å²) in [7, 11) is -4.39. The summed E-state index contributed by atoms with van der Waals surface area (Å²) in [5.74, 6) is -0.815. The normalized spacial score (nSPS) is 13.4. The lowest BCUT2D eigenvalue weighted by Gasteiger charge is -2.19. The van der Waals surface area contributed by atoms with Gasteiger partial charge in [0.1, 0.15) is 6.61 Å². The highest BCUT2D eigenvalue weighted by Gasteiger charge is 2.26. The fourth-order valence-corrected chi connectivity index (χ4v) is 10.4. The predicted octanol–water partition coefficient (Wildman–Crippen LogP) is 21.6. The first-order chi connectivity index (χ1) is 38.8. The number of phosphoric acid groups is 1. The van der Waals surface area contributed by atoms with Crippen LogP contribution in [0.1, 0.15) is 322 Å². The quantitative estimate of drug-likeness (QED) is 0.0264. The number of hydrogen-bond donors (Lipinski definition) is 2. The lowest BCUT2D eigenvalue weighted by molar-refractivity contribution is -0.161. The third kappa shape index (κ3) is 64.5. The van der Waals surface area contributed by atoms with E-state index in [-0.39, 0.29) is 38.6 Å². The number of carbonyl (C=O) groups is 2. The molecule has 0 aliphatic heterocycles. The monoisotopic (exact) mass is 1130 g/mol. The van der Waals surface area contributed by atoms with E-state index in [0.29, 0.717) is 6.42 Å². The topological polar surface area (TPSA) is 134 Å². The van der Waals surface area contributed by atoms with E-state index in [9.17, 15) is 19.0 Å². The lowest BCUT2D eigenvalue weighted by atomic mass is 10.0. The van der Waals surface area contributed by atoms with Crippen molar-refractivity contribution in [3.63, 3.8) is 0 Å². The van der Waals surface area contributed by atoms with Gasteiger partial charge < -0.3 is 20.1 Å². The summed E-state index contributed by atoms with van der Waals surface area (Å²) >= 11 is 0. The minimum atomic E-state index is -4.39. The van der Waals surface area contributed by atoms with Crippen molar-refractivity contribution in [3.8, 4) is 0 Å². The van der Waals surface area contributed by atoms with E-state index in [2.05, 4.69) is 86.8 Å². The molecule has 3 N–H and O–H groups in total. The molecule has 0 fully saturated rings. The zero-order chi connectivity index (χ0) is 57.3. The molecular formula is C69H126NO8P. The minimum absolute atomic E-state index is 0.0533. The summed E-state index contributed by atoms with van der Waals surface area (Å²) in [6, 6.07) is 0. The van der Waals surface area contributed by atoms with Crippen LogP contribution >= 0.6 is 7.82 Å². The van der Waals surface area contributed by atoms with Crippen molar-refractivity contribution in [2.24, 2.45) is 5.73 Å². The van der Waals surface area contributed by atoms with Crippen molar-refractivity contribution in [2.75, 3.05) is 26.4 Å². The van der Waals surface area contributed by atoms with Gasteiger partial charge in [-0.15, -0.1) is 0 Å². The van der Waals surface area contributed by atoms with Gasteiger partial charge >= 0.3 is 19.8 Å². The Morgan fingerprint density at radius 3 is 1.04 bits per heavy atom. The summed E-state index contributed by atoms with van der Waals surface area (Å²) in [6.07, 6.45) is 84.1. The van der Waals surface area contributed by atoms with Gasteiger partial charge in [-0.25, -0.2) is 4.57 Å². The average molecular weight is 1130 g/mol. The van der Waals surface area contributed by atoms with E-state index in [1.54, 1.807) is 0 Å². The lowest BCUT2D eigenvalue weighted by Crippen LogP contribution is -2.29. The zero-order valence-corrected chi connectivity index (χ0v) is 52.5. The van der Waals surface area contributed by atoms with E-state index < -0.39 is 26.5 Å². The molecule has 2 atom stereocenters. The first kappa shape index (κ1) is 76.5. The van der Waals surface area contributed by atoms with Gasteiger partial charge in [-0.3, -0.25) is 18.6 Å². The van der Waals surface area contributed by atoms with Gasteiger partial charge in [0.2, 0.25) is 0 Å². The van der Waals surface area contributed by atoms with Crippen LogP contribution in [0.25, 0.3) is 0 Å². The Morgan fingerprint density at radius 2 is 0.696 bits per heavy atom. The Balaban J connectivity index is 3.86. The Morgan fingerprint density at radius 1 is 0.392 bits per heavy atom. The van der Waals surface area contributed by atoms with Crippen molar-refractivity contribution >= 4 is 19.8 Å². The van der Waals surface area contributed by atoms with Crippen LogP contribution in [0, 0.1) is 0 Å². The van der Waals surface area contributed by atoms with Crippen LogP contribution in [-0.4, -0.2) is 49.3 Å². The third-order valence-electron chi connectivity index (χ3n) is 14.6. The summed E-state index contributed by atoms with van der Waals surface area (Å²) in [4.78, 5) is 35.3. The maximum Gasteiger partial charge on any atom is 0.472 e. The maximum atomic E-state index is 12.8. The molecule has 0 saturated heterocycles. The molecule has 0 radical (unpaired) electrons. The molecule has 0 aromatic heterocycles. The van der Waals surface area contributed by atoms with Crippen LogP contribution in [0.3, 0.4) is 0 Å². The number of ether oxygens (including phenoxy) is 2. The van der Waals surface area contributed by atoms with Gasteiger partial charge in [0.05, 0.1) is 13.2 Å². The fraction of sp³-hybridized carbons (Fsp3) is 0.797. The minimum Gasteiger partial charge on any atom is -0.462 e. The molecule has 0 heterocycles. The number of rotatable bonds is 63. The number of hydrogen-bond acceptors (Lipinski definition) is 8. The third-order valence-corrected chi connectivity index (χ3v) is 15.6. The van der Waals surface area contributed by atoms with E-state index in [1.807, 2.05) is 0 Å². The molecule has 0 aliphatic carbocycles. The molecule has 0 aromatic carbocycles. The molecule has 0 rings (SSSR count). The van der Waals surface area contributed by atoms with Crippen LogP contribution in [0.5, 0.6) is 0 Å². The summed E-state index contributed by atoms with van der Waals surface area (Å²) in [6.45, 7) is 3.67. The highest BCUT2D eigenvalue weighted by molar-refractivity contribution is 7.47. The SMILES string of the molecule is CC/C=C\C/C=C\C/C=C\C/C=C\CCCCCCCCCCCCCCCCCCCCCCC(=O)OC(COC(=O)CCCCCCCCCCCCCCC/C=C\C/C=C\CCCCCCC)COP(=O)(O)OCCN. The number of nitrogens with two attached hydrogens (primary N) is 1. The van der Waals surface area contributed by atoms with E-state index in [4.69, 9.17) is 24.3 Å². The summed E-state index contributed by atoms with van der Waals surface area (Å²) in [5.41, 5.74) is 5.40. The first-order valence-corrected chi connectivity index (χ1v) is 34.9. The van der Waals surface area contributed by atoms with Crippen LogP contribution in [0.15, 0.2) is 72.9 Å². The number of allylic oxidation sites excluding steroid dienone is 12. The fourth-order valence-electron chi connectivity index (χ4n) is 9.66. The number of carbonyl (C=O) groups excluding carboxylic acids is 2. The molecule has 79 heavy (non-hydrogen) atoms. The smallest absolute Gasteiger partial charge is 0.462 e. The van der Waals surface area contributed by atoms with E-state index in [1.165, 1.54) is 225 Å². The van der Waals surface area contributed by atoms with Crippen molar-refractivity contribution in [3.05, 3.63) is 72.9 Å². The maximum absolute atomic E-state index is 12.8. The molecular weight excluding hydrogens is 1000 g/mol. The standard InChI is InChI=1S/C69H126NO8P/c1-3-5-7-9-11-13-15-17-19-21-23-25-27-29-30-31-32-33-34-35-36-38-40-42-44-46-48-50-52-54-56-58-60-62-69(72)78-67(66-77-79(73,74)76-64-63-70)65-75-68(71)61-59-57-55-53-51-49-47-45-43-41-39-37-28-26-24-22-20-18-16-14-12-10-8-6-4-2/h5,7,11,13,16-19,22-25,67H,3-4,6,8-10,12,14-15,20-21,26-66,70H2,1-2H3,(H,73,74)/b7-5-,13-11-,18-16-,19-17-,24-22-,25-23-. The molecule has 2 unspecified atom stereocenters. The molecule has 0 saturated carbocycles. The summed E-state index contributed by atoms with van der Waals surface area (Å²) < 4.78 is 33.2. The van der Waals surface area contributed by atoms with Crippen LogP contribution in [0.4, 0.5) is 0 Å². The van der Waals surface area contributed by atoms with Crippen LogP contribution < -0.4 is 5.73 Å². The van der Waals surface area contributed by atoms with Gasteiger partial charge in [-0.05, 0) is 83.5 Å². The molecule has 0 aromatic rings. The van der Waals surface area contributed by atoms with Gasteiger partial charge in [0.15, 0.2) is 6.10 Å². The van der Waals surface area contributed by atoms with E-state index >= 15 is 0 Å². The first-order valence-electron chi connectivity index (χ1n) is 33.4. The van der Waals surface area contributed by atoms with Crippen LogP contribution in [-0.2, 0) is 32.7 Å². The molecule has 9 nitrogen and oxygen atoms in total.